The van der Waals surface area contributed by atoms with Gasteiger partial charge in [0.2, 0.25) is 0 Å². The molecule has 1 heterocycles. The first kappa shape index (κ1) is 16.1. The summed E-state index contributed by atoms with van der Waals surface area (Å²) in [6.45, 7) is 0. The number of rotatable bonds is 5. The average molecular weight is 325 g/mol. The van der Waals surface area contributed by atoms with Gasteiger partial charge in [-0.05, 0) is 30.5 Å². The Morgan fingerprint density at radius 1 is 1.17 bits per heavy atom. The summed E-state index contributed by atoms with van der Waals surface area (Å²) in [5, 5.41) is 15.9. The van der Waals surface area contributed by atoms with E-state index in [1.807, 2.05) is 18.2 Å². The maximum Gasteiger partial charge on any atom is 0.269 e. The second-order valence-electron chi connectivity index (χ2n) is 5.81. The SMILES string of the molecule is CNC(=O)c1cc(C(=O)NC2CC2)cc([C@H](O)c2ccccc2)n1. The molecule has 1 aromatic carbocycles. The van der Waals surface area contributed by atoms with E-state index in [0.29, 0.717) is 11.1 Å². The van der Waals surface area contributed by atoms with Crippen LogP contribution in [0.1, 0.15) is 51.0 Å². The Kier molecular flexibility index (Phi) is 4.57. The van der Waals surface area contributed by atoms with Crippen molar-refractivity contribution in [2.75, 3.05) is 7.05 Å². The van der Waals surface area contributed by atoms with Crippen LogP contribution in [0.25, 0.3) is 0 Å². The number of aliphatic hydroxyl groups excluding tert-OH is 1. The molecule has 1 saturated carbocycles. The molecule has 6 nitrogen and oxygen atoms in total. The Bertz CT molecular complexity index is 757. The van der Waals surface area contributed by atoms with Crippen LogP contribution in [0, 0.1) is 0 Å². The van der Waals surface area contributed by atoms with E-state index in [-0.39, 0.29) is 23.3 Å². The fourth-order valence-corrected chi connectivity index (χ4v) is 2.37. The Labute approximate surface area is 139 Å². The van der Waals surface area contributed by atoms with Crippen LogP contribution in [0.4, 0.5) is 0 Å². The monoisotopic (exact) mass is 325 g/mol. The highest BCUT2D eigenvalue weighted by Crippen LogP contribution is 2.23. The van der Waals surface area contributed by atoms with Gasteiger partial charge in [0.25, 0.3) is 11.8 Å². The van der Waals surface area contributed by atoms with Crippen LogP contribution in [-0.2, 0) is 0 Å². The van der Waals surface area contributed by atoms with E-state index in [9.17, 15) is 14.7 Å². The predicted octanol–water partition coefficient (Wildman–Crippen LogP) is 1.42. The summed E-state index contributed by atoms with van der Waals surface area (Å²) in [5.41, 5.74) is 1.34. The number of benzene rings is 1. The maximum atomic E-state index is 12.3. The van der Waals surface area contributed by atoms with Gasteiger partial charge in [-0.25, -0.2) is 4.98 Å². The summed E-state index contributed by atoms with van der Waals surface area (Å²) in [7, 11) is 1.49. The van der Waals surface area contributed by atoms with E-state index >= 15 is 0 Å². The molecule has 0 aliphatic heterocycles. The molecule has 0 saturated heterocycles. The third kappa shape index (κ3) is 3.60. The lowest BCUT2D eigenvalue weighted by molar-refractivity contribution is 0.0950. The van der Waals surface area contributed by atoms with Gasteiger partial charge in [-0.15, -0.1) is 0 Å². The molecule has 2 aromatic rings. The average Bonchev–Trinajstić information content (AvgIpc) is 3.44. The minimum absolute atomic E-state index is 0.103. The number of nitrogens with zero attached hydrogens (tertiary/aromatic N) is 1. The van der Waals surface area contributed by atoms with Crippen molar-refractivity contribution in [1.29, 1.82) is 0 Å². The summed E-state index contributed by atoms with van der Waals surface area (Å²) in [6, 6.07) is 12.2. The molecule has 124 valence electrons. The van der Waals surface area contributed by atoms with Gasteiger partial charge < -0.3 is 15.7 Å². The third-order valence-corrected chi connectivity index (χ3v) is 3.88. The smallest absolute Gasteiger partial charge is 0.269 e. The van der Waals surface area contributed by atoms with E-state index in [1.165, 1.54) is 19.2 Å². The number of carbonyl (C=O) groups is 2. The number of aromatic nitrogens is 1. The van der Waals surface area contributed by atoms with Crippen LogP contribution >= 0.6 is 0 Å². The molecule has 1 aliphatic carbocycles. The van der Waals surface area contributed by atoms with Gasteiger partial charge in [0.15, 0.2) is 0 Å². The minimum atomic E-state index is -1.01. The molecule has 3 rings (SSSR count). The zero-order valence-corrected chi connectivity index (χ0v) is 13.3. The summed E-state index contributed by atoms with van der Waals surface area (Å²) >= 11 is 0. The van der Waals surface area contributed by atoms with E-state index in [2.05, 4.69) is 15.6 Å². The van der Waals surface area contributed by atoms with Crippen molar-refractivity contribution in [3.05, 3.63) is 65.0 Å². The van der Waals surface area contributed by atoms with Crippen molar-refractivity contribution in [2.45, 2.75) is 25.0 Å². The number of aliphatic hydroxyl groups is 1. The summed E-state index contributed by atoms with van der Waals surface area (Å²) in [5.74, 6) is -0.663. The molecular weight excluding hydrogens is 306 g/mol. The Morgan fingerprint density at radius 3 is 2.50 bits per heavy atom. The second kappa shape index (κ2) is 6.80. The zero-order valence-electron chi connectivity index (χ0n) is 13.3. The number of nitrogens with one attached hydrogen (secondary N) is 2. The van der Waals surface area contributed by atoms with E-state index in [4.69, 9.17) is 0 Å². The molecule has 2 amide bonds. The van der Waals surface area contributed by atoms with Gasteiger partial charge in [0.05, 0.1) is 5.69 Å². The fraction of sp³-hybridized carbons (Fsp3) is 0.278. The van der Waals surface area contributed by atoms with Crippen LogP contribution in [0.3, 0.4) is 0 Å². The standard InChI is InChI=1S/C18H19N3O3/c1-19-18(24)15-10-12(17(23)20-13-7-8-13)9-14(21-15)16(22)11-5-3-2-4-6-11/h2-6,9-10,13,16,22H,7-8H2,1H3,(H,19,24)(H,20,23)/t16-/m1/s1. The maximum absolute atomic E-state index is 12.3. The first-order valence-electron chi connectivity index (χ1n) is 7.86. The van der Waals surface area contributed by atoms with Crippen LogP contribution in [0.5, 0.6) is 0 Å². The molecule has 0 bridgehead atoms. The van der Waals surface area contributed by atoms with Crippen LogP contribution in [0.15, 0.2) is 42.5 Å². The van der Waals surface area contributed by atoms with Gasteiger partial charge >= 0.3 is 0 Å². The molecule has 3 N–H and O–H groups in total. The number of hydrogen-bond donors (Lipinski definition) is 3. The van der Waals surface area contributed by atoms with Gasteiger partial charge in [0, 0.05) is 18.7 Å². The van der Waals surface area contributed by atoms with Crippen molar-refractivity contribution in [3.8, 4) is 0 Å². The molecule has 1 atom stereocenters. The van der Waals surface area contributed by atoms with Gasteiger partial charge in [-0.3, -0.25) is 9.59 Å². The minimum Gasteiger partial charge on any atom is -0.382 e. The fourth-order valence-electron chi connectivity index (χ4n) is 2.37. The number of amides is 2. The largest absolute Gasteiger partial charge is 0.382 e. The third-order valence-electron chi connectivity index (χ3n) is 3.88. The second-order valence-corrected chi connectivity index (χ2v) is 5.81. The number of carbonyl (C=O) groups excluding carboxylic acids is 2. The molecule has 0 spiro atoms. The van der Waals surface area contributed by atoms with Crippen molar-refractivity contribution < 1.29 is 14.7 Å². The highest BCUT2D eigenvalue weighted by atomic mass is 16.3. The summed E-state index contributed by atoms with van der Waals surface area (Å²) < 4.78 is 0. The van der Waals surface area contributed by atoms with Gasteiger partial charge in [-0.2, -0.15) is 0 Å². The van der Waals surface area contributed by atoms with Crippen LogP contribution in [0.2, 0.25) is 0 Å². The first-order chi connectivity index (χ1) is 11.6. The predicted molar refractivity (Wildman–Crippen MR) is 88.6 cm³/mol. The molecule has 0 radical (unpaired) electrons. The van der Waals surface area contributed by atoms with Crippen molar-refractivity contribution >= 4 is 11.8 Å². The summed E-state index contributed by atoms with van der Waals surface area (Å²) in [4.78, 5) is 28.5. The molecule has 6 heteroatoms. The summed E-state index contributed by atoms with van der Waals surface area (Å²) in [6.07, 6.45) is 0.931. The normalized spacial score (nSPS) is 14.8. The van der Waals surface area contributed by atoms with E-state index < -0.39 is 12.0 Å². The van der Waals surface area contributed by atoms with Gasteiger partial charge in [0.1, 0.15) is 11.8 Å². The molecule has 0 unspecified atom stereocenters. The molecular formula is C18H19N3O3. The highest BCUT2D eigenvalue weighted by molar-refractivity contribution is 5.98. The lowest BCUT2D eigenvalue weighted by Gasteiger charge is -2.14. The van der Waals surface area contributed by atoms with Crippen molar-refractivity contribution in [2.24, 2.45) is 0 Å². The quantitative estimate of drug-likeness (QED) is 0.775. The lowest BCUT2D eigenvalue weighted by Crippen LogP contribution is -2.27. The van der Waals surface area contributed by atoms with E-state index in [1.54, 1.807) is 12.1 Å². The molecule has 24 heavy (non-hydrogen) atoms. The zero-order chi connectivity index (χ0) is 17.1. The number of pyridine rings is 1. The highest BCUT2D eigenvalue weighted by Gasteiger charge is 2.25. The Morgan fingerprint density at radius 2 is 1.88 bits per heavy atom. The van der Waals surface area contributed by atoms with Gasteiger partial charge in [-0.1, -0.05) is 30.3 Å². The van der Waals surface area contributed by atoms with Crippen LogP contribution in [-0.4, -0.2) is 35.0 Å². The molecule has 1 aromatic heterocycles. The van der Waals surface area contributed by atoms with E-state index in [0.717, 1.165) is 12.8 Å². The number of hydrogen-bond acceptors (Lipinski definition) is 4. The van der Waals surface area contributed by atoms with Crippen molar-refractivity contribution in [1.82, 2.24) is 15.6 Å². The molecule has 1 aliphatic rings. The molecule has 1 fully saturated rings. The lowest BCUT2D eigenvalue weighted by atomic mass is 10.0. The Balaban J connectivity index is 1.97. The first-order valence-corrected chi connectivity index (χ1v) is 7.86. The topological polar surface area (TPSA) is 91.3 Å². The van der Waals surface area contributed by atoms with Crippen LogP contribution < -0.4 is 10.6 Å². The van der Waals surface area contributed by atoms with Crippen molar-refractivity contribution in [3.63, 3.8) is 0 Å². The Hall–Kier alpha value is -2.73.